The van der Waals surface area contributed by atoms with Crippen molar-refractivity contribution in [1.29, 1.82) is 0 Å². The molecule has 1 rings (SSSR count). The summed E-state index contributed by atoms with van der Waals surface area (Å²) >= 11 is 0. The van der Waals surface area contributed by atoms with Crippen LogP contribution in [0.3, 0.4) is 0 Å². The van der Waals surface area contributed by atoms with Crippen LogP contribution in [0.15, 0.2) is 18.2 Å². The fourth-order valence-electron chi connectivity index (χ4n) is 0.747. The van der Waals surface area contributed by atoms with Crippen LogP contribution < -0.4 is 15.3 Å². The Morgan fingerprint density at radius 3 is 1.00 bits per heavy atom. The first kappa shape index (κ1) is 28.9. The molecule has 0 N–H and O–H groups in total. The summed E-state index contributed by atoms with van der Waals surface area (Å²) in [6, 6.07) is 9.12. The van der Waals surface area contributed by atoms with Crippen molar-refractivity contribution in [2.45, 2.75) is 73.7 Å². The van der Waals surface area contributed by atoms with Crippen molar-refractivity contribution in [3.05, 3.63) is 35.4 Å². The molecule has 0 saturated heterocycles. The molecular weight excluding hydrogens is 300 g/mol. The van der Waals surface area contributed by atoms with Gasteiger partial charge in [-0.25, -0.2) is 0 Å². The predicted molar refractivity (Wildman–Crippen MR) is 80.2 cm³/mol. The van der Waals surface area contributed by atoms with Crippen LogP contribution in [0.5, 0.6) is 0 Å². The van der Waals surface area contributed by atoms with Crippen LogP contribution in [-0.4, -0.2) is 18.3 Å². The quantitative estimate of drug-likeness (QED) is 0.533. The predicted octanol–water partition coefficient (Wildman–Crippen LogP) is 1.37. The summed E-state index contributed by atoms with van der Waals surface area (Å²) in [6.45, 7) is 13.8. The fourth-order valence-corrected chi connectivity index (χ4v) is 0.747. The van der Waals surface area contributed by atoms with E-state index in [0.717, 1.165) is 0 Å². The number of aryl methyl sites for hydroxylation is 2. The van der Waals surface area contributed by atoms with Crippen LogP contribution in [0.25, 0.3) is 0 Å². The zero-order chi connectivity index (χ0) is 16.7. The number of hydrogen-bond acceptors (Lipinski definition) is 3. The van der Waals surface area contributed by atoms with Gasteiger partial charge in [0.25, 0.3) is 0 Å². The van der Waals surface area contributed by atoms with Crippen molar-refractivity contribution in [1.82, 2.24) is 0 Å². The van der Waals surface area contributed by atoms with Gasteiger partial charge < -0.3 is 15.3 Å². The van der Waals surface area contributed by atoms with E-state index < -0.39 is 18.3 Å². The largest absolute Gasteiger partial charge is 4.00 e. The average molecular weight is 330 g/mol. The minimum absolute atomic E-state index is 0. The normalized spacial score (nSPS) is 8.67. The molecule has 0 spiro atoms. The molecule has 0 unspecified atom stereocenters. The Hall–Kier alpha value is -0.186. The van der Waals surface area contributed by atoms with Gasteiger partial charge >= 0.3 is 21.7 Å². The van der Waals surface area contributed by atoms with E-state index in [4.69, 9.17) is 0 Å². The van der Waals surface area contributed by atoms with Gasteiger partial charge in [0.1, 0.15) is 0 Å². The molecule has 0 radical (unpaired) electrons. The Balaban J connectivity index is -0.0000000973. The van der Waals surface area contributed by atoms with Crippen LogP contribution in [0.2, 0.25) is 0 Å². The van der Waals surface area contributed by atoms with E-state index in [1.165, 1.54) is 11.1 Å². The van der Waals surface area contributed by atoms with Gasteiger partial charge in [0.2, 0.25) is 0 Å². The van der Waals surface area contributed by atoms with Gasteiger partial charge in [0, 0.05) is 0 Å². The second kappa shape index (κ2) is 19.8. The molecule has 0 heterocycles. The summed E-state index contributed by atoms with van der Waals surface area (Å²) in [5.41, 5.74) is 2.56. The molecule has 0 amide bonds. The van der Waals surface area contributed by atoms with Crippen molar-refractivity contribution in [2.24, 2.45) is 0 Å². The Morgan fingerprint density at radius 1 is 0.714 bits per heavy atom. The number of rotatable bonds is 0. The van der Waals surface area contributed by atoms with Crippen molar-refractivity contribution < 1.29 is 37.0 Å². The van der Waals surface area contributed by atoms with Crippen molar-refractivity contribution in [2.75, 3.05) is 0 Å². The summed E-state index contributed by atoms with van der Waals surface area (Å²) in [5, 5.41) is 28.6. The van der Waals surface area contributed by atoms with Crippen molar-refractivity contribution >= 4 is 0 Å². The van der Waals surface area contributed by atoms with Crippen LogP contribution in [0.4, 0.5) is 0 Å². The van der Waals surface area contributed by atoms with E-state index in [0.29, 0.717) is 0 Å². The van der Waals surface area contributed by atoms with Gasteiger partial charge in [-0.05, 0) is 0 Å². The maximum absolute atomic E-state index is 9.53. The first-order valence-corrected chi connectivity index (χ1v) is 6.90. The van der Waals surface area contributed by atoms with Gasteiger partial charge in [-0.1, -0.05) is 55.4 Å². The third-order valence-corrected chi connectivity index (χ3v) is 1.08. The summed E-state index contributed by atoms with van der Waals surface area (Å²) in [7, 11) is 0. The Kier molecular flexibility index (Phi) is 27.3. The maximum atomic E-state index is 9.53. The molecule has 0 atom stereocenters. The van der Waals surface area contributed by atoms with Gasteiger partial charge in [-0.3, -0.25) is 0 Å². The first-order valence-electron chi connectivity index (χ1n) is 6.90. The van der Waals surface area contributed by atoms with Crippen LogP contribution in [0.1, 0.15) is 52.7 Å². The SMILES string of the molecule is CC(C)[O-].CC(C)[O-].CC(C)[O-].Cc1c[c-]cc(C)c1.[Ti+4]. The average Bonchev–Trinajstić information content (AvgIpc) is 2.13. The Morgan fingerprint density at radius 2 is 0.905 bits per heavy atom. The molecule has 0 fully saturated rings. The minimum atomic E-state index is -0.417. The molecule has 0 bridgehead atoms. The van der Waals surface area contributed by atoms with E-state index in [-0.39, 0.29) is 21.7 Å². The summed E-state index contributed by atoms with van der Waals surface area (Å²) in [4.78, 5) is 0. The Bertz CT molecular complexity index is 260. The molecule has 4 heteroatoms. The molecule has 0 aromatic heterocycles. The third-order valence-electron chi connectivity index (χ3n) is 1.08. The second-order valence-corrected chi connectivity index (χ2v) is 5.23. The van der Waals surface area contributed by atoms with E-state index in [1.807, 2.05) is 12.1 Å². The fraction of sp³-hybridized carbons (Fsp3) is 0.647. The van der Waals surface area contributed by atoms with Crippen molar-refractivity contribution in [3.63, 3.8) is 0 Å². The molecule has 21 heavy (non-hydrogen) atoms. The first-order chi connectivity index (χ1) is 8.98. The second-order valence-electron chi connectivity index (χ2n) is 5.23. The molecule has 0 aliphatic heterocycles. The van der Waals surface area contributed by atoms with Crippen LogP contribution in [-0.2, 0) is 21.7 Å². The zero-order valence-corrected chi connectivity index (χ0v) is 16.3. The van der Waals surface area contributed by atoms with E-state index >= 15 is 0 Å². The monoisotopic (exact) mass is 330 g/mol. The van der Waals surface area contributed by atoms with Crippen molar-refractivity contribution in [3.8, 4) is 0 Å². The van der Waals surface area contributed by atoms with Gasteiger partial charge in [-0.2, -0.15) is 35.4 Å². The molecule has 0 saturated carbocycles. The van der Waals surface area contributed by atoms with Crippen LogP contribution in [0, 0.1) is 19.9 Å². The van der Waals surface area contributed by atoms with Crippen LogP contribution >= 0.6 is 0 Å². The van der Waals surface area contributed by atoms with Gasteiger partial charge in [0.05, 0.1) is 0 Å². The molecule has 120 valence electrons. The van der Waals surface area contributed by atoms with E-state index in [2.05, 4.69) is 26.0 Å². The third kappa shape index (κ3) is 65.3. The summed E-state index contributed by atoms with van der Waals surface area (Å²) in [6.07, 6.45) is -1.25. The molecule has 1 aromatic carbocycles. The van der Waals surface area contributed by atoms with E-state index in [1.54, 1.807) is 41.5 Å². The molecule has 3 nitrogen and oxygen atoms in total. The number of hydrogen-bond donors (Lipinski definition) is 0. The zero-order valence-electron chi connectivity index (χ0n) is 14.7. The Labute approximate surface area is 146 Å². The summed E-state index contributed by atoms with van der Waals surface area (Å²) < 4.78 is 0. The topological polar surface area (TPSA) is 69.2 Å². The summed E-state index contributed by atoms with van der Waals surface area (Å²) in [5.74, 6) is 0. The molecule has 1 aromatic rings. The smallest absolute Gasteiger partial charge is 0.852 e. The standard InChI is InChI=1S/C8H9.3C3H7O.Ti/c1-7-4-3-5-8(2)6-7;3*1-3(2)4;/h4-6H,1-2H3;3*3H,1-2H3;/q4*-1;+4. The minimum Gasteiger partial charge on any atom is -0.852 e. The molecular formula is C17H30O3Ti. The maximum Gasteiger partial charge on any atom is 4.00 e. The number of benzene rings is 1. The van der Waals surface area contributed by atoms with Gasteiger partial charge in [0.15, 0.2) is 0 Å². The molecule has 0 aliphatic rings. The van der Waals surface area contributed by atoms with E-state index in [9.17, 15) is 15.3 Å². The van der Waals surface area contributed by atoms with Gasteiger partial charge in [-0.15, -0.1) is 18.3 Å². The molecule has 0 aliphatic carbocycles.